The number of amides is 1. The minimum absolute atomic E-state index is 0.142. The van der Waals surface area contributed by atoms with Crippen LogP contribution in [-0.2, 0) is 6.42 Å². The van der Waals surface area contributed by atoms with Crippen molar-refractivity contribution >= 4 is 13.7 Å². The highest BCUT2D eigenvalue weighted by molar-refractivity contribution is 6.57. The molecule has 0 saturated heterocycles. The fourth-order valence-electron chi connectivity index (χ4n) is 1.86. The molecule has 0 heterocycles. The summed E-state index contributed by atoms with van der Waals surface area (Å²) in [5.41, 5.74) is 0.374. The minimum Gasteiger partial charge on any atom is -0.391 e. The molecule has 1 rings (SSSR count). The molecule has 1 aromatic carbocycles. The molecule has 1 aromatic rings. The monoisotopic (exact) mass is 267 g/mol. The summed E-state index contributed by atoms with van der Waals surface area (Å²) in [6.07, 6.45) is 1.09. The number of aliphatic hydroxyl groups is 1. The van der Waals surface area contributed by atoms with Gasteiger partial charge in [-0.15, -0.1) is 6.58 Å². The van der Waals surface area contributed by atoms with E-state index in [1.54, 1.807) is 0 Å². The number of hydrogen-bond acceptors (Lipinski definition) is 2. The Morgan fingerprint density at radius 1 is 1.42 bits per heavy atom. The van der Waals surface area contributed by atoms with E-state index in [1.807, 2.05) is 0 Å². The van der Waals surface area contributed by atoms with Gasteiger partial charge in [0.15, 0.2) is 5.81 Å². The molecule has 0 fully saturated rings. The Bertz CT molecular complexity index is 448. The maximum absolute atomic E-state index is 13.1. The maximum atomic E-state index is 13.1. The summed E-state index contributed by atoms with van der Waals surface area (Å²) in [4.78, 5) is 11.1. The van der Waals surface area contributed by atoms with Gasteiger partial charge in [0.2, 0.25) is 7.85 Å². The van der Waals surface area contributed by atoms with Gasteiger partial charge in [0.05, 0.1) is 12.1 Å². The van der Waals surface area contributed by atoms with Gasteiger partial charge >= 0.3 is 0 Å². The van der Waals surface area contributed by atoms with Crippen LogP contribution in [0.25, 0.3) is 0 Å². The van der Waals surface area contributed by atoms with Crippen molar-refractivity contribution in [3.8, 4) is 0 Å². The van der Waals surface area contributed by atoms with E-state index in [0.29, 0.717) is 5.56 Å². The largest absolute Gasteiger partial charge is 0.391 e. The van der Waals surface area contributed by atoms with Crippen LogP contribution in [0.3, 0.4) is 0 Å². The first-order chi connectivity index (χ1) is 8.92. The molecule has 2 atom stereocenters. The third-order valence-corrected chi connectivity index (χ3v) is 2.64. The molecule has 1 amide bonds. The number of aliphatic hydroxyl groups excluding tert-OH is 1. The van der Waals surface area contributed by atoms with E-state index in [1.165, 1.54) is 26.1 Å². The Kier molecular flexibility index (Phi) is 5.70. The number of rotatable bonds is 6. The van der Waals surface area contributed by atoms with E-state index in [4.69, 9.17) is 0 Å². The summed E-state index contributed by atoms with van der Waals surface area (Å²) in [6, 6.07) is 2.52. The lowest BCUT2D eigenvalue weighted by atomic mass is 9.97. The predicted octanol–water partition coefficient (Wildman–Crippen LogP) is 1.16. The highest BCUT2D eigenvalue weighted by atomic mass is 19.1. The zero-order chi connectivity index (χ0) is 14.4. The Hall–Kier alpha value is -1.69. The van der Waals surface area contributed by atoms with Crippen molar-refractivity contribution in [1.82, 2.24) is 5.32 Å². The van der Waals surface area contributed by atoms with Gasteiger partial charge in [0, 0.05) is 6.07 Å². The summed E-state index contributed by atoms with van der Waals surface area (Å²) in [5.74, 6) is -1.69. The van der Waals surface area contributed by atoms with Crippen molar-refractivity contribution in [1.29, 1.82) is 0 Å². The van der Waals surface area contributed by atoms with Gasteiger partial charge in [-0.05, 0) is 30.5 Å². The first kappa shape index (κ1) is 15.4. The van der Waals surface area contributed by atoms with E-state index in [-0.39, 0.29) is 18.6 Å². The summed E-state index contributed by atoms with van der Waals surface area (Å²) >= 11 is 0. The fraction of sp³-hybridized carbons (Fsp3) is 0.308. The molecule has 0 bridgehead atoms. The molecule has 0 unspecified atom stereocenters. The van der Waals surface area contributed by atoms with Crippen molar-refractivity contribution in [2.75, 3.05) is 0 Å². The van der Waals surface area contributed by atoms with Crippen molar-refractivity contribution in [2.24, 2.45) is 0 Å². The van der Waals surface area contributed by atoms with E-state index in [2.05, 4.69) is 11.9 Å². The Balaban J connectivity index is 2.86. The molecular weight excluding hydrogens is 251 g/mol. The van der Waals surface area contributed by atoms with Crippen molar-refractivity contribution < 1.29 is 18.7 Å². The van der Waals surface area contributed by atoms with Crippen LogP contribution < -0.4 is 5.32 Å². The first-order valence-electron chi connectivity index (χ1n) is 5.93. The van der Waals surface area contributed by atoms with Crippen molar-refractivity contribution in [3.05, 3.63) is 48.1 Å². The van der Waals surface area contributed by atoms with Crippen LogP contribution >= 0.6 is 0 Å². The third kappa shape index (κ3) is 5.22. The molecule has 2 N–H and O–H groups in total. The number of nitrogens with one attached hydrogen (secondary N) is 1. The summed E-state index contributed by atoms with van der Waals surface area (Å²) in [5, 5.41) is 12.5. The normalized spacial score (nSPS) is 13.6. The highest BCUT2D eigenvalue weighted by Gasteiger charge is 2.19. The molecule has 0 aliphatic carbocycles. The van der Waals surface area contributed by atoms with E-state index in [0.717, 1.165) is 6.07 Å². The summed E-state index contributed by atoms with van der Waals surface area (Å²) in [7, 11) is 1.32. The van der Waals surface area contributed by atoms with Gasteiger partial charge in [0.25, 0.3) is 0 Å². The quantitative estimate of drug-likeness (QED) is 0.600. The molecule has 102 valence electrons. The Labute approximate surface area is 111 Å². The lowest BCUT2D eigenvalue weighted by Crippen LogP contribution is -2.44. The van der Waals surface area contributed by atoms with Crippen LogP contribution in [0.15, 0.2) is 30.9 Å². The topological polar surface area (TPSA) is 49.3 Å². The SMILES string of the molecule is BC(=O)N[C@@H](Cc1cc(F)cc(F)c1)[C@H](O)CC=C. The van der Waals surface area contributed by atoms with Gasteiger partial charge in [-0.3, -0.25) is 4.79 Å². The van der Waals surface area contributed by atoms with Crippen molar-refractivity contribution in [2.45, 2.75) is 25.0 Å². The van der Waals surface area contributed by atoms with Gasteiger partial charge in [0.1, 0.15) is 11.6 Å². The van der Waals surface area contributed by atoms with Gasteiger partial charge in [-0.2, -0.15) is 0 Å². The highest BCUT2D eigenvalue weighted by Crippen LogP contribution is 2.13. The first-order valence-corrected chi connectivity index (χ1v) is 5.93. The van der Waals surface area contributed by atoms with Gasteiger partial charge in [-0.1, -0.05) is 6.08 Å². The van der Waals surface area contributed by atoms with Crippen molar-refractivity contribution in [3.63, 3.8) is 0 Å². The maximum Gasteiger partial charge on any atom is 0.215 e. The zero-order valence-corrected chi connectivity index (χ0v) is 10.7. The minimum atomic E-state index is -0.854. The van der Waals surface area contributed by atoms with E-state index in [9.17, 15) is 18.7 Å². The molecule has 0 aliphatic rings. The summed E-state index contributed by atoms with van der Waals surface area (Å²) < 4.78 is 26.2. The van der Waals surface area contributed by atoms with Crippen LogP contribution in [0, 0.1) is 11.6 Å². The second-order valence-corrected chi connectivity index (χ2v) is 4.38. The number of carbonyl (C=O) groups excluding carboxylic acids is 1. The third-order valence-electron chi connectivity index (χ3n) is 2.64. The Morgan fingerprint density at radius 2 is 2.00 bits per heavy atom. The van der Waals surface area contributed by atoms with Crippen LogP contribution in [0.2, 0.25) is 0 Å². The summed E-state index contributed by atoms with van der Waals surface area (Å²) in [6.45, 7) is 3.50. The molecule has 3 nitrogen and oxygen atoms in total. The van der Waals surface area contributed by atoms with Crippen LogP contribution in [0.1, 0.15) is 12.0 Å². The lowest BCUT2D eigenvalue weighted by Gasteiger charge is -2.23. The number of carbonyl (C=O) groups is 1. The fourth-order valence-corrected chi connectivity index (χ4v) is 1.86. The van der Waals surface area contributed by atoms with Crippen LogP contribution in [-0.4, -0.2) is 30.9 Å². The average molecular weight is 267 g/mol. The molecule has 0 aliphatic heterocycles. The second-order valence-electron chi connectivity index (χ2n) is 4.38. The number of halogens is 2. The molecule has 0 spiro atoms. The molecular formula is C13H16BF2NO2. The van der Waals surface area contributed by atoms with Gasteiger partial charge in [-0.25, -0.2) is 8.78 Å². The molecule has 0 saturated carbocycles. The molecule has 0 radical (unpaired) electrons. The van der Waals surface area contributed by atoms with Crippen LogP contribution in [0.5, 0.6) is 0 Å². The number of hydrogen-bond donors (Lipinski definition) is 2. The van der Waals surface area contributed by atoms with Crippen LogP contribution in [0.4, 0.5) is 13.6 Å². The second kappa shape index (κ2) is 7.04. The molecule has 19 heavy (non-hydrogen) atoms. The van der Waals surface area contributed by atoms with E-state index >= 15 is 0 Å². The van der Waals surface area contributed by atoms with Gasteiger partial charge < -0.3 is 10.4 Å². The average Bonchev–Trinajstić information content (AvgIpc) is 2.26. The van der Waals surface area contributed by atoms with E-state index < -0.39 is 23.8 Å². The lowest BCUT2D eigenvalue weighted by molar-refractivity contribution is 0.134. The standard InChI is InChI=1S/C13H16BF2NO2/c1-2-3-12(18)11(17-13(14)19)6-8-4-9(15)7-10(16)5-8/h2,4-5,7,11-12,18H,1,3,6,14H2,(H,17,19)/t11-,12+/m0/s1. The Morgan fingerprint density at radius 3 is 2.47 bits per heavy atom. The molecule has 6 heteroatoms. The molecule has 0 aromatic heterocycles. The number of benzene rings is 1. The smallest absolute Gasteiger partial charge is 0.215 e. The predicted molar refractivity (Wildman–Crippen MR) is 71.7 cm³/mol. The zero-order valence-electron chi connectivity index (χ0n) is 10.7.